The Morgan fingerprint density at radius 3 is 2.89 bits per heavy atom. The Labute approximate surface area is 165 Å². The highest BCUT2D eigenvalue weighted by Crippen LogP contribution is 2.34. The molecule has 2 N–H and O–H groups in total. The first-order valence-corrected chi connectivity index (χ1v) is 10.3. The average Bonchev–Trinajstić information content (AvgIpc) is 3.21. The van der Waals surface area contributed by atoms with Crippen LogP contribution in [0.4, 0.5) is 0 Å². The van der Waals surface area contributed by atoms with Gasteiger partial charge in [0.1, 0.15) is 10.7 Å². The molecule has 140 valence electrons. The molecule has 2 aromatic heterocycles. The number of hydrogen-bond acceptors (Lipinski definition) is 4. The number of aromatic amines is 1. The van der Waals surface area contributed by atoms with Crippen LogP contribution in [0.1, 0.15) is 47.6 Å². The Morgan fingerprint density at radius 1 is 1.33 bits per heavy atom. The number of carbonyl (C=O) groups excluding carboxylic acids is 1. The van der Waals surface area contributed by atoms with Crippen LogP contribution in [0.15, 0.2) is 29.1 Å². The molecule has 0 fully saturated rings. The van der Waals surface area contributed by atoms with E-state index in [1.807, 2.05) is 31.2 Å². The van der Waals surface area contributed by atoms with E-state index in [1.165, 1.54) is 10.4 Å². The van der Waals surface area contributed by atoms with Gasteiger partial charge in [0, 0.05) is 22.7 Å². The lowest BCUT2D eigenvalue weighted by molar-refractivity contribution is -0.121. The third-order valence-corrected chi connectivity index (χ3v) is 6.40. The first-order valence-electron chi connectivity index (χ1n) is 9.09. The van der Waals surface area contributed by atoms with Crippen molar-refractivity contribution in [1.29, 1.82) is 0 Å². The zero-order chi connectivity index (χ0) is 19.0. The van der Waals surface area contributed by atoms with Crippen LogP contribution < -0.4 is 10.9 Å². The molecule has 0 bridgehead atoms. The maximum atomic E-state index is 12.5. The van der Waals surface area contributed by atoms with Crippen LogP contribution in [-0.4, -0.2) is 15.9 Å². The summed E-state index contributed by atoms with van der Waals surface area (Å²) in [5, 5.41) is 4.39. The van der Waals surface area contributed by atoms with Gasteiger partial charge in [0.2, 0.25) is 5.91 Å². The molecule has 1 amide bonds. The van der Waals surface area contributed by atoms with Crippen LogP contribution in [0.3, 0.4) is 0 Å². The number of halogens is 1. The van der Waals surface area contributed by atoms with Crippen LogP contribution in [0.25, 0.3) is 10.2 Å². The second-order valence-electron chi connectivity index (χ2n) is 6.89. The van der Waals surface area contributed by atoms with Gasteiger partial charge in [-0.1, -0.05) is 23.7 Å². The normalized spacial score (nSPS) is 14.3. The quantitative estimate of drug-likeness (QED) is 0.680. The number of carbonyl (C=O) groups is 1. The highest BCUT2D eigenvalue weighted by atomic mass is 35.5. The molecule has 0 unspecified atom stereocenters. The monoisotopic (exact) mass is 401 g/mol. The van der Waals surface area contributed by atoms with E-state index < -0.39 is 0 Å². The molecule has 1 atom stereocenters. The molecule has 1 aliphatic rings. The third-order valence-electron chi connectivity index (χ3n) is 4.96. The molecule has 0 aliphatic heterocycles. The molecule has 0 saturated heterocycles. The average molecular weight is 402 g/mol. The predicted molar refractivity (Wildman–Crippen MR) is 109 cm³/mol. The molecule has 3 aromatic rings. The number of benzene rings is 1. The fraction of sp³-hybridized carbons (Fsp3) is 0.350. The second-order valence-corrected chi connectivity index (χ2v) is 8.41. The summed E-state index contributed by atoms with van der Waals surface area (Å²) in [6.45, 7) is 1.93. The number of rotatable bonds is 5. The van der Waals surface area contributed by atoms with Crippen LogP contribution >= 0.6 is 22.9 Å². The van der Waals surface area contributed by atoms with Gasteiger partial charge in [0.05, 0.1) is 11.4 Å². The summed E-state index contributed by atoms with van der Waals surface area (Å²) in [6, 6.07) is 7.31. The molecule has 7 heteroatoms. The zero-order valence-corrected chi connectivity index (χ0v) is 16.5. The minimum Gasteiger partial charge on any atom is -0.350 e. The molecule has 1 aliphatic carbocycles. The fourth-order valence-electron chi connectivity index (χ4n) is 3.55. The standard InChI is InChI=1S/C20H20ClN3O2S/c1-11(12-5-7-13(21)8-6-12)22-17(25)10-9-16-23-19(26)18-14-3-2-4-15(14)27-20(18)24-16/h5-8,11H,2-4,9-10H2,1H3,(H,22,25)(H,23,24,26)/t11-/m0/s1. The second kappa shape index (κ2) is 7.44. The van der Waals surface area contributed by atoms with Crippen molar-refractivity contribution in [3.05, 3.63) is 61.5 Å². The van der Waals surface area contributed by atoms with Crippen molar-refractivity contribution < 1.29 is 4.79 Å². The molecule has 0 saturated carbocycles. The molecular formula is C20H20ClN3O2S. The number of aromatic nitrogens is 2. The van der Waals surface area contributed by atoms with Crippen LogP contribution in [0, 0.1) is 0 Å². The first-order chi connectivity index (χ1) is 13.0. The maximum absolute atomic E-state index is 12.5. The summed E-state index contributed by atoms with van der Waals surface area (Å²) in [4.78, 5) is 34.3. The van der Waals surface area contributed by atoms with E-state index in [1.54, 1.807) is 11.3 Å². The Hall–Kier alpha value is -2.18. The van der Waals surface area contributed by atoms with Gasteiger partial charge in [-0.2, -0.15) is 0 Å². The number of nitrogens with zero attached hydrogens (tertiary/aromatic N) is 1. The smallest absolute Gasteiger partial charge is 0.259 e. The van der Waals surface area contributed by atoms with Crippen molar-refractivity contribution in [3.63, 3.8) is 0 Å². The zero-order valence-electron chi connectivity index (χ0n) is 15.0. The maximum Gasteiger partial charge on any atom is 0.259 e. The van der Waals surface area contributed by atoms with Crippen molar-refractivity contribution >= 4 is 39.1 Å². The van der Waals surface area contributed by atoms with Crippen LogP contribution in [0.5, 0.6) is 0 Å². The summed E-state index contributed by atoms with van der Waals surface area (Å²) in [6.07, 6.45) is 3.80. The van der Waals surface area contributed by atoms with E-state index in [4.69, 9.17) is 11.6 Å². The summed E-state index contributed by atoms with van der Waals surface area (Å²) < 4.78 is 0. The molecule has 27 heavy (non-hydrogen) atoms. The molecular weight excluding hydrogens is 382 g/mol. The molecule has 4 rings (SSSR count). The number of amides is 1. The van der Waals surface area contributed by atoms with Gasteiger partial charge >= 0.3 is 0 Å². The lowest BCUT2D eigenvalue weighted by Crippen LogP contribution is -2.27. The molecule has 1 aromatic carbocycles. The summed E-state index contributed by atoms with van der Waals surface area (Å²) >= 11 is 7.51. The van der Waals surface area contributed by atoms with E-state index in [2.05, 4.69) is 15.3 Å². The largest absolute Gasteiger partial charge is 0.350 e. The first kappa shape index (κ1) is 18.2. The van der Waals surface area contributed by atoms with Crippen molar-refractivity contribution in [1.82, 2.24) is 15.3 Å². The summed E-state index contributed by atoms with van der Waals surface area (Å²) in [7, 11) is 0. The van der Waals surface area contributed by atoms with Crippen molar-refractivity contribution in [2.24, 2.45) is 0 Å². The highest BCUT2D eigenvalue weighted by Gasteiger charge is 2.21. The van der Waals surface area contributed by atoms with Crippen molar-refractivity contribution in [2.75, 3.05) is 0 Å². The van der Waals surface area contributed by atoms with Gasteiger partial charge in [-0.15, -0.1) is 11.3 Å². The highest BCUT2D eigenvalue weighted by molar-refractivity contribution is 7.18. The summed E-state index contributed by atoms with van der Waals surface area (Å²) in [5.74, 6) is 0.496. The Morgan fingerprint density at radius 2 is 2.11 bits per heavy atom. The van der Waals surface area contributed by atoms with E-state index in [-0.39, 0.29) is 23.9 Å². The molecule has 5 nitrogen and oxygen atoms in total. The minimum absolute atomic E-state index is 0.0751. The fourth-order valence-corrected chi connectivity index (χ4v) is 4.95. The van der Waals surface area contributed by atoms with E-state index in [0.717, 1.165) is 35.0 Å². The Bertz CT molecular complexity index is 1060. The molecule has 0 spiro atoms. The predicted octanol–water partition coefficient (Wildman–Crippen LogP) is 3.94. The van der Waals surface area contributed by atoms with E-state index in [0.29, 0.717) is 17.3 Å². The number of thiophene rings is 1. The molecule has 0 radical (unpaired) electrons. The topological polar surface area (TPSA) is 74.8 Å². The summed E-state index contributed by atoms with van der Waals surface area (Å²) in [5.41, 5.74) is 2.09. The van der Waals surface area contributed by atoms with Gasteiger partial charge in [0.15, 0.2) is 0 Å². The van der Waals surface area contributed by atoms with Crippen LogP contribution in [-0.2, 0) is 24.1 Å². The van der Waals surface area contributed by atoms with E-state index >= 15 is 0 Å². The van der Waals surface area contributed by atoms with Gasteiger partial charge in [-0.3, -0.25) is 9.59 Å². The lowest BCUT2D eigenvalue weighted by atomic mass is 10.1. The van der Waals surface area contributed by atoms with Gasteiger partial charge in [0.25, 0.3) is 5.56 Å². The van der Waals surface area contributed by atoms with Gasteiger partial charge < -0.3 is 10.3 Å². The number of fused-ring (bicyclic) bond motifs is 3. The van der Waals surface area contributed by atoms with Crippen molar-refractivity contribution in [2.45, 2.75) is 45.1 Å². The number of aryl methyl sites for hydroxylation is 3. The third kappa shape index (κ3) is 3.77. The van der Waals surface area contributed by atoms with Gasteiger partial charge in [-0.25, -0.2) is 4.98 Å². The SMILES string of the molecule is C[C@H](NC(=O)CCc1nc2sc3c(c2c(=O)[nH]1)CCC3)c1ccc(Cl)cc1. The van der Waals surface area contributed by atoms with Gasteiger partial charge in [-0.05, 0) is 49.4 Å². The minimum atomic E-state index is -0.107. The lowest BCUT2D eigenvalue weighted by Gasteiger charge is -2.14. The number of nitrogens with one attached hydrogen (secondary N) is 2. The van der Waals surface area contributed by atoms with Crippen LogP contribution in [0.2, 0.25) is 5.02 Å². The Balaban J connectivity index is 1.41. The molecule has 2 heterocycles. The van der Waals surface area contributed by atoms with Crippen molar-refractivity contribution in [3.8, 4) is 0 Å². The number of hydrogen-bond donors (Lipinski definition) is 2. The Kier molecular flexibility index (Phi) is 5.02. The van der Waals surface area contributed by atoms with E-state index in [9.17, 15) is 9.59 Å². The number of H-pyrrole nitrogens is 1.